The van der Waals surface area contributed by atoms with Crippen molar-refractivity contribution in [1.82, 2.24) is 0 Å². The van der Waals surface area contributed by atoms with Crippen LogP contribution in [0.5, 0.6) is 0 Å². The van der Waals surface area contributed by atoms with Crippen LogP contribution in [0.15, 0.2) is 29.2 Å². The molecule has 0 atom stereocenters. The fourth-order valence-corrected chi connectivity index (χ4v) is 1.89. The Kier molecular flexibility index (Phi) is 4.19. The Morgan fingerprint density at radius 3 is 2.83 bits per heavy atom. The molecule has 0 aliphatic rings. The smallest absolute Gasteiger partial charge is 0.120 e. The van der Waals surface area contributed by atoms with Gasteiger partial charge in [0.25, 0.3) is 0 Å². The van der Waals surface area contributed by atoms with E-state index in [1.54, 1.807) is 11.8 Å². The topological polar surface area (TPSA) is 17.1 Å². The van der Waals surface area contributed by atoms with E-state index in [-0.39, 0.29) is 0 Å². The van der Waals surface area contributed by atoms with E-state index in [0.717, 1.165) is 22.0 Å². The van der Waals surface area contributed by atoms with Gasteiger partial charge < -0.3 is 4.79 Å². The van der Waals surface area contributed by atoms with Crippen molar-refractivity contribution in [3.63, 3.8) is 0 Å². The fourth-order valence-electron chi connectivity index (χ4n) is 0.779. The molecule has 0 bridgehead atoms. The predicted molar refractivity (Wildman–Crippen MR) is 52.9 cm³/mol. The van der Waals surface area contributed by atoms with Crippen molar-refractivity contribution < 1.29 is 4.79 Å². The highest BCUT2D eigenvalue weighted by molar-refractivity contribution is 7.99. The highest BCUT2D eigenvalue weighted by atomic mass is 35.5. The largest absolute Gasteiger partial charge is 0.303 e. The number of benzene rings is 1. The third kappa shape index (κ3) is 2.88. The minimum absolute atomic E-state index is 0.579. The molecule has 1 aromatic carbocycles. The zero-order chi connectivity index (χ0) is 8.81. The molecule has 1 nitrogen and oxygen atoms in total. The van der Waals surface area contributed by atoms with Crippen molar-refractivity contribution in [2.24, 2.45) is 0 Å². The van der Waals surface area contributed by atoms with Crippen molar-refractivity contribution >= 4 is 29.6 Å². The average molecular weight is 201 g/mol. The molecule has 0 heterocycles. The molecule has 0 N–H and O–H groups in total. The maximum absolute atomic E-state index is 10.0. The number of halogens is 1. The first-order valence-electron chi connectivity index (χ1n) is 3.65. The Morgan fingerprint density at radius 1 is 1.42 bits per heavy atom. The Bertz CT molecular complexity index is 262. The summed E-state index contributed by atoms with van der Waals surface area (Å²) in [4.78, 5) is 11.1. The summed E-state index contributed by atoms with van der Waals surface area (Å²) < 4.78 is 0. The van der Waals surface area contributed by atoms with Crippen molar-refractivity contribution in [1.29, 1.82) is 0 Å². The minimum atomic E-state index is 0.579. The molecule has 0 saturated heterocycles. The van der Waals surface area contributed by atoms with E-state index >= 15 is 0 Å². The van der Waals surface area contributed by atoms with Gasteiger partial charge in [0.15, 0.2) is 0 Å². The van der Waals surface area contributed by atoms with Crippen molar-refractivity contribution in [2.45, 2.75) is 11.3 Å². The summed E-state index contributed by atoms with van der Waals surface area (Å²) in [5.41, 5.74) is 0. The van der Waals surface area contributed by atoms with Crippen LogP contribution in [0.25, 0.3) is 0 Å². The lowest BCUT2D eigenvalue weighted by molar-refractivity contribution is -0.107. The lowest BCUT2D eigenvalue weighted by Gasteiger charge is -2.00. The van der Waals surface area contributed by atoms with Gasteiger partial charge in [0, 0.05) is 17.1 Å². The molecule has 0 fully saturated rings. The summed E-state index contributed by atoms with van der Waals surface area (Å²) in [7, 11) is 0. The van der Waals surface area contributed by atoms with Crippen LogP contribution < -0.4 is 0 Å². The van der Waals surface area contributed by atoms with Crippen LogP contribution in [-0.2, 0) is 4.79 Å². The third-order valence-electron chi connectivity index (χ3n) is 1.33. The van der Waals surface area contributed by atoms with Crippen molar-refractivity contribution in [3.05, 3.63) is 29.3 Å². The van der Waals surface area contributed by atoms with Gasteiger partial charge in [-0.2, -0.15) is 0 Å². The maximum atomic E-state index is 10.0. The van der Waals surface area contributed by atoms with Crippen LogP contribution in [-0.4, -0.2) is 12.0 Å². The first-order valence-corrected chi connectivity index (χ1v) is 5.02. The molecule has 0 aliphatic carbocycles. The molecule has 0 spiro atoms. The SMILES string of the molecule is O=CCCSc1ccccc1Cl. The molecule has 0 aliphatic heterocycles. The number of hydrogen-bond donors (Lipinski definition) is 0. The van der Waals surface area contributed by atoms with Crippen LogP contribution in [0.2, 0.25) is 5.02 Å². The van der Waals surface area contributed by atoms with E-state index in [1.807, 2.05) is 24.3 Å². The number of thioether (sulfide) groups is 1. The minimum Gasteiger partial charge on any atom is -0.303 e. The summed E-state index contributed by atoms with van der Waals surface area (Å²) >= 11 is 7.50. The predicted octanol–water partition coefficient (Wildman–Crippen LogP) is 3.02. The molecule has 0 radical (unpaired) electrons. The summed E-state index contributed by atoms with van der Waals surface area (Å²) in [6.07, 6.45) is 1.50. The molecule has 1 aromatic rings. The molecule has 64 valence electrons. The van der Waals surface area contributed by atoms with Gasteiger partial charge in [0.05, 0.1) is 5.02 Å². The van der Waals surface area contributed by atoms with E-state index in [0.29, 0.717) is 6.42 Å². The fraction of sp³-hybridized carbons (Fsp3) is 0.222. The van der Waals surface area contributed by atoms with Crippen LogP contribution in [0.1, 0.15) is 6.42 Å². The number of hydrogen-bond acceptors (Lipinski definition) is 2. The average Bonchev–Trinajstić information content (AvgIpc) is 2.09. The Hall–Kier alpha value is -0.470. The van der Waals surface area contributed by atoms with E-state index in [1.165, 1.54) is 0 Å². The lowest BCUT2D eigenvalue weighted by atomic mass is 10.4. The highest BCUT2D eigenvalue weighted by Gasteiger charge is 1.97. The van der Waals surface area contributed by atoms with Gasteiger partial charge >= 0.3 is 0 Å². The first-order chi connectivity index (χ1) is 5.84. The molecule has 0 amide bonds. The Balaban J connectivity index is 2.51. The second-order valence-corrected chi connectivity index (χ2v) is 3.78. The van der Waals surface area contributed by atoms with Crippen LogP contribution >= 0.6 is 23.4 Å². The summed E-state index contributed by atoms with van der Waals surface area (Å²) in [6.45, 7) is 0. The first kappa shape index (κ1) is 9.62. The zero-order valence-corrected chi connectivity index (χ0v) is 8.07. The molecule has 0 unspecified atom stereocenters. The van der Waals surface area contributed by atoms with Gasteiger partial charge in [-0.1, -0.05) is 23.7 Å². The monoisotopic (exact) mass is 200 g/mol. The molecule has 1 rings (SSSR count). The van der Waals surface area contributed by atoms with Crippen molar-refractivity contribution in [2.75, 3.05) is 5.75 Å². The van der Waals surface area contributed by atoms with Gasteiger partial charge in [-0.05, 0) is 12.1 Å². The Labute approximate surface area is 81.1 Å². The Morgan fingerprint density at radius 2 is 2.17 bits per heavy atom. The second-order valence-electron chi connectivity index (χ2n) is 2.23. The normalized spacial score (nSPS) is 9.75. The van der Waals surface area contributed by atoms with E-state index in [4.69, 9.17) is 11.6 Å². The van der Waals surface area contributed by atoms with E-state index < -0.39 is 0 Å². The molecule has 3 heteroatoms. The highest BCUT2D eigenvalue weighted by Crippen LogP contribution is 2.26. The van der Waals surface area contributed by atoms with Crippen LogP contribution in [0.3, 0.4) is 0 Å². The quantitative estimate of drug-likeness (QED) is 0.422. The van der Waals surface area contributed by atoms with Gasteiger partial charge in [0.2, 0.25) is 0 Å². The van der Waals surface area contributed by atoms with Gasteiger partial charge in [-0.25, -0.2) is 0 Å². The van der Waals surface area contributed by atoms with Gasteiger partial charge in [-0.3, -0.25) is 0 Å². The number of rotatable bonds is 4. The number of carbonyl (C=O) groups is 1. The summed E-state index contributed by atoms with van der Waals surface area (Å²) in [5.74, 6) is 0.799. The van der Waals surface area contributed by atoms with Gasteiger partial charge in [0.1, 0.15) is 6.29 Å². The number of carbonyl (C=O) groups excluding carboxylic acids is 1. The zero-order valence-electron chi connectivity index (χ0n) is 6.50. The van der Waals surface area contributed by atoms with E-state index in [2.05, 4.69) is 0 Å². The molecule has 0 saturated carbocycles. The van der Waals surface area contributed by atoms with E-state index in [9.17, 15) is 4.79 Å². The number of aldehydes is 1. The van der Waals surface area contributed by atoms with Gasteiger partial charge in [-0.15, -0.1) is 11.8 Å². The molecular weight excluding hydrogens is 192 g/mol. The molecule has 12 heavy (non-hydrogen) atoms. The summed E-state index contributed by atoms with van der Waals surface area (Å²) in [6, 6.07) is 7.64. The second kappa shape index (κ2) is 5.22. The summed E-state index contributed by atoms with van der Waals surface area (Å²) in [5, 5.41) is 0.758. The lowest BCUT2D eigenvalue weighted by Crippen LogP contribution is -1.80. The van der Waals surface area contributed by atoms with Crippen molar-refractivity contribution in [3.8, 4) is 0 Å². The standard InChI is InChI=1S/C9H9ClOS/c10-8-4-1-2-5-9(8)12-7-3-6-11/h1-2,4-6H,3,7H2. The third-order valence-corrected chi connectivity index (χ3v) is 2.88. The maximum Gasteiger partial charge on any atom is 0.120 e. The molecular formula is C9H9ClOS. The van der Waals surface area contributed by atoms with Crippen LogP contribution in [0.4, 0.5) is 0 Å². The molecule has 0 aromatic heterocycles. The van der Waals surface area contributed by atoms with Crippen LogP contribution in [0, 0.1) is 0 Å².